The maximum atomic E-state index is 14.6. The van der Waals surface area contributed by atoms with E-state index in [9.17, 15) is 18.4 Å². The maximum Gasteiger partial charge on any atom is 0.323 e. The lowest BCUT2D eigenvalue weighted by Crippen LogP contribution is -2.21. The molecule has 4 aromatic rings. The monoisotopic (exact) mass is 494 g/mol. The predicted molar refractivity (Wildman–Crippen MR) is 127 cm³/mol. The molecule has 2 heterocycles. The highest BCUT2D eigenvalue weighted by Crippen LogP contribution is 2.28. The number of aromatic nitrogens is 2. The first-order chi connectivity index (χ1) is 17.4. The van der Waals surface area contributed by atoms with Crippen molar-refractivity contribution in [2.24, 2.45) is 5.73 Å². The largest absolute Gasteiger partial charge is 0.457 e. The summed E-state index contributed by atoms with van der Waals surface area (Å²) in [6.45, 7) is 0.165. The molecular formula is C24H20F2N6O4. The van der Waals surface area contributed by atoms with Crippen LogP contribution < -0.4 is 26.6 Å². The Hall–Kier alpha value is -4.81. The molecule has 0 saturated heterocycles. The van der Waals surface area contributed by atoms with E-state index in [1.807, 2.05) is 0 Å². The van der Waals surface area contributed by atoms with Gasteiger partial charge in [-0.2, -0.15) is 0 Å². The number of carbonyl (C=O) groups excluding carboxylic acids is 2. The summed E-state index contributed by atoms with van der Waals surface area (Å²) in [5.74, 6) is -1.65. The number of hydroxylamine groups is 1. The van der Waals surface area contributed by atoms with E-state index >= 15 is 0 Å². The Kier molecular flexibility index (Phi) is 7.18. The van der Waals surface area contributed by atoms with E-state index in [1.54, 1.807) is 12.1 Å². The fourth-order valence-electron chi connectivity index (χ4n) is 3.23. The molecule has 2 aromatic heterocycles. The summed E-state index contributed by atoms with van der Waals surface area (Å²) in [7, 11) is 0. The van der Waals surface area contributed by atoms with Gasteiger partial charge < -0.3 is 26.1 Å². The number of amides is 3. The number of hydrogen-bond acceptors (Lipinski definition) is 6. The zero-order valence-corrected chi connectivity index (χ0v) is 18.5. The smallest absolute Gasteiger partial charge is 0.323 e. The second kappa shape index (κ2) is 10.6. The molecule has 184 valence electrons. The van der Waals surface area contributed by atoms with Gasteiger partial charge in [0.05, 0.1) is 28.3 Å². The third-order valence-corrected chi connectivity index (χ3v) is 4.99. The highest BCUT2D eigenvalue weighted by Gasteiger charge is 2.13. The van der Waals surface area contributed by atoms with Gasteiger partial charge in [-0.25, -0.2) is 19.1 Å². The van der Waals surface area contributed by atoms with Crippen molar-refractivity contribution in [3.8, 4) is 22.9 Å². The van der Waals surface area contributed by atoms with Crippen LogP contribution in [0.25, 0.3) is 11.4 Å². The number of urea groups is 1. The van der Waals surface area contributed by atoms with Crippen LogP contribution in [0.2, 0.25) is 0 Å². The number of nitrogens with one attached hydrogen (secondary N) is 4. The van der Waals surface area contributed by atoms with Crippen molar-refractivity contribution in [2.75, 3.05) is 10.6 Å². The van der Waals surface area contributed by atoms with Gasteiger partial charge in [-0.15, -0.1) is 0 Å². The Morgan fingerprint density at radius 1 is 0.972 bits per heavy atom. The zero-order valence-electron chi connectivity index (χ0n) is 18.5. The van der Waals surface area contributed by atoms with E-state index in [-0.39, 0.29) is 29.2 Å². The van der Waals surface area contributed by atoms with Gasteiger partial charge in [-0.1, -0.05) is 6.07 Å². The molecule has 0 atom stereocenters. The predicted octanol–water partition coefficient (Wildman–Crippen LogP) is 4.37. The van der Waals surface area contributed by atoms with Crippen LogP contribution in [-0.4, -0.2) is 27.1 Å². The molecule has 4 rings (SSSR count). The number of nitrogens with zero attached hydrogens (tertiary/aromatic N) is 1. The number of H-pyrrole nitrogens is 1. The first kappa shape index (κ1) is 24.3. The van der Waals surface area contributed by atoms with Crippen molar-refractivity contribution >= 4 is 23.3 Å². The third-order valence-electron chi connectivity index (χ3n) is 4.99. The number of benzene rings is 2. The van der Waals surface area contributed by atoms with Gasteiger partial charge in [-0.05, 0) is 42.0 Å². The topological polar surface area (TPSA) is 154 Å². The van der Waals surface area contributed by atoms with E-state index in [0.29, 0.717) is 22.7 Å². The van der Waals surface area contributed by atoms with Crippen LogP contribution in [0.3, 0.4) is 0 Å². The minimum atomic E-state index is -0.838. The summed E-state index contributed by atoms with van der Waals surface area (Å²) >= 11 is 0. The van der Waals surface area contributed by atoms with Gasteiger partial charge in [0.2, 0.25) is 0 Å². The van der Waals surface area contributed by atoms with Crippen LogP contribution in [0.15, 0.2) is 67.0 Å². The summed E-state index contributed by atoms with van der Waals surface area (Å²) in [6, 6.07) is 11.6. The molecule has 0 spiro atoms. The Labute approximate surface area is 203 Å². The molecule has 12 heteroatoms. The summed E-state index contributed by atoms with van der Waals surface area (Å²) in [4.78, 5) is 30.8. The molecule has 0 saturated carbocycles. The Morgan fingerprint density at radius 3 is 2.50 bits per heavy atom. The molecule has 0 unspecified atom stereocenters. The second-order valence-electron chi connectivity index (χ2n) is 7.46. The van der Waals surface area contributed by atoms with E-state index < -0.39 is 23.6 Å². The molecule has 36 heavy (non-hydrogen) atoms. The lowest BCUT2D eigenvalue weighted by molar-refractivity contribution is 0.0706. The van der Waals surface area contributed by atoms with E-state index in [4.69, 9.17) is 15.7 Å². The molecular weight excluding hydrogens is 474 g/mol. The Morgan fingerprint density at radius 2 is 1.75 bits per heavy atom. The number of rotatable bonds is 7. The molecule has 0 aliphatic rings. The summed E-state index contributed by atoms with van der Waals surface area (Å²) < 4.78 is 34.2. The van der Waals surface area contributed by atoms with Gasteiger partial charge in [0.1, 0.15) is 23.1 Å². The van der Waals surface area contributed by atoms with Gasteiger partial charge >= 0.3 is 6.03 Å². The second-order valence-corrected chi connectivity index (χ2v) is 7.46. The van der Waals surface area contributed by atoms with Gasteiger partial charge in [0.25, 0.3) is 5.91 Å². The molecule has 10 nitrogen and oxygen atoms in total. The first-order valence-corrected chi connectivity index (χ1v) is 10.5. The Balaban J connectivity index is 1.43. The SMILES string of the molecule is NCc1ccc(F)c(NC(=O)Nc2ccc(Oc3ccnc(-c4cc(C(=O)NO)c[nH]4)c3)cc2F)c1. The number of nitrogens with two attached hydrogens (primary N) is 1. The van der Waals surface area contributed by atoms with E-state index in [1.165, 1.54) is 54.3 Å². The van der Waals surface area contributed by atoms with Crippen molar-refractivity contribution in [2.45, 2.75) is 6.54 Å². The number of anilines is 2. The molecule has 7 N–H and O–H groups in total. The molecule has 0 aliphatic carbocycles. The van der Waals surface area contributed by atoms with Crippen LogP contribution in [-0.2, 0) is 6.54 Å². The lowest BCUT2D eigenvalue weighted by atomic mass is 10.2. The first-order valence-electron chi connectivity index (χ1n) is 10.5. The van der Waals surface area contributed by atoms with Gasteiger partial charge in [0, 0.05) is 31.1 Å². The van der Waals surface area contributed by atoms with Gasteiger partial charge in [-0.3, -0.25) is 15.0 Å². The average molecular weight is 494 g/mol. The summed E-state index contributed by atoms with van der Waals surface area (Å²) in [5.41, 5.74) is 8.57. The maximum absolute atomic E-state index is 14.6. The molecule has 0 fully saturated rings. The van der Waals surface area contributed by atoms with Crippen LogP contribution in [0.5, 0.6) is 11.5 Å². The van der Waals surface area contributed by atoms with Crippen molar-refractivity contribution in [3.63, 3.8) is 0 Å². The van der Waals surface area contributed by atoms with Crippen LogP contribution in [0.1, 0.15) is 15.9 Å². The molecule has 2 aromatic carbocycles. The average Bonchev–Trinajstić information content (AvgIpc) is 3.37. The highest BCUT2D eigenvalue weighted by molar-refractivity contribution is 6.00. The number of hydrogen-bond donors (Lipinski definition) is 6. The van der Waals surface area contributed by atoms with Crippen LogP contribution in [0, 0.1) is 11.6 Å². The van der Waals surface area contributed by atoms with Crippen molar-refractivity contribution < 1.29 is 28.3 Å². The number of aromatic amines is 1. The number of carbonyl (C=O) groups is 2. The molecule has 3 amide bonds. The highest BCUT2D eigenvalue weighted by atomic mass is 19.1. The molecule has 0 radical (unpaired) electrons. The van der Waals surface area contributed by atoms with Crippen molar-refractivity contribution in [1.82, 2.24) is 15.4 Å². The summed E-state index contributed by atoms with van der Waals surface area (Å²) in [6.07, 6.45) is 2.86. The lowest BCUT2D eigenvalue weighted by Gasteiger charge is -2.12. The number of halogens is 2. The van der Waals surface area contributed by atoms with E-state index in [2.05, 4.69) is 20.6 Å². The van der Waals surface area contributed by atoms with Crippen LogP contribution >= 0.6 is 0 Å². The van der Waals surface area contributed by atoms with Gasteiger partial charge in [0.15, 0.2) is 0 Å². The van der Waals surface area contributed by atoms with E-state index in [0.717, 1.165) is 6.07 Å². The standard InChI is InChI=1S/C24H20F2N6O4/c25-17-3-1-13(11-27)7-20(17)31-24(34)30-19-4-2-15(9-18(19)26)36-16-5-6-28-22(10-16)21-8-14(12-29-21)23(33)32-35/h1-10,12,29,35H,11,27H2,(H,32,33)(H2,30,31,34). The Bertz CT molecular complexity index is 1430. The third kappa shape index (κ3) is 5.63. The fraction of sp³-hybridized carbons (Fsp3) is 0.0417. The zero-order chi connectivity index (χ0) is 25.7. The minimum Gasteiger partial charge on any atom is -0.457 e. The minimum absolute atomic E-state index is 0.0875. The normalized spacial score (nSPS) is 10.6. The number of pyridine rings is 1. The molecule has 0 bridgehead atoms. The molecule has 0 aliphatic heterocycles. The summed E-state index contributed by atoms with van der Waals surface area (Å²) in [5, 5.41) is 13.4. The van der Waals surface area contributed by atoms with Crippen molar-refractivity contribution in [3.05, 3.63) is 89.8 Å². The number of ether oxygens (including phenoxy) is 1. The van der Waals surface area contributed by atoms with Crippen LogP contribution in [0.4, 0.5) is 25.0 Å². The fourth-order valence-corrected chi connectivity index (χ4v) is 3.23. The van der Waals surface area contributed by atoms with Crippen molar-refractivity contribution in [1.29, 1.82) is 0 Å². The quantitative estimate of drug-likeness (QED) is 0.166.